The van der Waals surface area contributed by atoms with Crippen LogP contribution in [0.15, 0.2) is 30.3 Å². The molecule has 17 heavy (non-hydrogen) atoms. The molecule has 1 heterocycles. The molecular weight excluding hydrogens is 238 g/mol. The Labute approximate surface area is 101 Å². The third-order valence-electron chi connectivity index (χ3n) is 2.23. The molecule has 0 spiro atoms. The summed E-state index contributed by atoms with van der Waals surface area (Å²) in [5.74, 6) is -1.48. The summed E-state index contributed by atoms with van der Waals surface area (Å²) in [6, 6.07) is 7.06. The van der Waals surface area contributed by atoms with E-state index in [1.165, 1.54) is 17.4 Å². The Morgan fingerprint density at radius 3 is 2.76 bits per heavy atom. The van der Waals surface area contributed by atoms with Crippen molar-refractivity contribution in [1.82, 2.24) is 0 Å². The standard InChI is InChI=1S/C12H9NO3S/c13-11(14)5-4-7-2-1-3-9-8(7)6-10(17-9)12(15)16/h1-6H,(H2,13,14)(H,15,16). The molecule has 5 heteroatoms. The number of hydrogen-bond acceptors (Lipinski definition) is 3. The highest BCUT2D eigenvalue weighted by Crippen LogP contribution is 2.29. The zero-order valence-corrected chi connectivity index (χ0v) is 9.53. The summed E-state index contributed by atoms with van der Waals surface area (Å²) >= 11 is 1.20. The van der Waals surface area contributed by atoms with Crippen molar-refractivity contribution in [1.29, 1.82) is 0 Å². The SMILES string of the molecule is NC(=O)C=Cc1cccc2sc(C(=O)O)cc12. The first-order chi connectivity index (χ1) is 8.08. The van der Waals surface area contributed by atoms with Crippen LogP contribution in [0.1, 0.15) is 15.2 Å². The van der Waals surface area contributed by atoms with Crippen LogP contribution >= 0.6 is 11.3 Å². The maximum Gasteiger partial charge on any atom is 0.345 e. The summed E-state index contributed by atoms with van der Waals surface area (Å²) < 4.78 is 0.869. The first kappa shape index (κ1) is 11.3. The third-order valence-corrected chi connectivity index (χ3v) is 3.32. The number of carbonyl (C=O) groups excluding carboxylic acids is 1. The van der Waals surface area contributed by atoms with E-state index in [9.17, 15) is 9.59 Å². The molecule has 86 valence electrons. The number of rotatable bonds is 3. The van der Waals surface area contributed by atoms with Crippen molar-refractivity contribution in [3.8, 4) is 0 Å². The molecule has 1 aromatic heterocycles. The molecule has 0 unspecified atom stereocenters. The summed E-state index contributed by atoms with van der Waals surface area (Å²) in [5.41, 5.74) is 5.80. The van der Waals surface area contributed by atoms with Gasteiger partial charge in [-0.3, -0.25) is 4.79 Å². The molecule has 0 saturated heterocycles. The molecule has 1 aromatic carbocycles. The van der Waals surface area contributed by atoms with Gasteiger partial charge in [0.1, 0.15) is 4.88 Å². The van der Waals surface area contributed by atoms with Gasteiger partial charge in [0, 0.05) is 16.2 Å². The van der Waals surface area contributed by atoms with Gasteiger partial charge in [0.25, 0.3) is 0 Å². The van der Waals surface area contributed by atoms with E-state index >= 15 is 0 Å². The molecule has 0 radical (unpaired) electrons. The van der Waals surface area contributed by atoms with Crippen molar-refractivity contribution in [2.45, 2.75) is 0 Å². The fourth-order valence-corrected chi connectivity index (χ4v) is 2.44. The van der Waals surface area contributed by atoms with Gasteiger partial charge in [-0.25, -0.2) is 4.79 Å². The van der Waals surface area contributed by atoms with Crippen LogP contribution < -0.4 is 5.73 Å². The number of carboxylic acids is 1. The molecule has 0 aliphatic carbocycles. The van der Waals surface area contributed by atoms with Gasteiger partial charge >= 0.3 is 5.97 Å². The van der Waals surface area contributed by atoms with Crippen molar-refractivity contribution in [3.63, 3.8) is 0 Å². The van der Waals surface area contributed by atoms with Crippen LogP contribution in [0.3, 0.4) is 0 Å². The van der Waals surface area contributed by atoms with Crippen LogP contribution in [-0.4, -0.2) is 17.0 Å². The Morgan fingerprint density at radius 2 is 2.12 bits per heavy atom. The highest BCUT2D eigenvalue weighted by molar-refractivity contribution is 7.20. The number of carbonyl (C=O) groups is 2. The van der Waals surface area contributed by atoms with Crippen molar-refractivity contribution in [2.75, 3.05) is 0 Å². The molecular formula is C12H9NO3S. The van der Waals surface area contributed by atoms with E-state index in [1.54, 1.807) is 18.2 Å². The lowest BCUT2D eigenvalue weighted by atomic mass is 10.1. The average molecular weight is 247 g/mol. The van der Waals surface area contributed by atoms with Gasteiger partial charge in [-0.05, 0) is 23.8 Å². The van der Waals surface area contributed by atoms with Gasteiger partial charge in [-0.15, -0.1) is 11.3 Å². The number of benzene rings is 1. The smallest absolute Gasteiger partial charge is 0.345 e. The van der Waals surface area contributed by atoms with Crippen LogP contribution in [0.5, 0.6) is 0 Å². The second-order valence-electron chi connectivity index (χ2n) is 3.41. The van der Waals surface area contributed by atoms with Gasteiger partial charge in [0.05, 0.1) is 0 Å². The minimum absolute atomic E-state index is 0.278. The number of primary amides is 1. The molecule has 3 N–H and O–H groups in total. The minimum atomic E-state index is -0.948. The van der Waals surface area contributed by atoms with Crippen LogP contribution in [0.2, 0.25) is 0 Å². The van der Waals surface area contributed by atoms with E-state index in [0.29, 0.717) is 0 Å². The van der Waals surface area contributed by atoms with Crippen molar-refractivity contribution in [3.05, 3.63) is 40.8 Å². The van der Waals surface area contributed by atoms with E-state index in [1.807, 2.05) is 12.1 Å². The molecule has 0 atom stereocenters. The summed E-state index contributed by atoms with van der Waals surface area (Å²) in [5, 5.41) is 9.73. The van der Waals surface area contributed by atoms with E-state index < -0.39 is 11.9 Å². The molecule has 4 nitrogen and oxygen atoms in total. The molecule has 1 amide bonds. The lowest BCUT2D eigenvalue weighted by molar-refractivity contribution is -0.113. The Bertz CT molecular complexity index is 628. The lowest BCUT2D eigenvalue weighted by Gasteiger charge is -1.94. The molecule has 2 rings (SSSR count). The van der Waals surface area contributed by atoms with Crippen molar-refractivity contribution in [2.24, 2.45) is 5.73 Å². The van der Waals surface area contributed by atoms with E-state index in [0.717, 1.165) is 15.6 Å². The maximum absolute atomic E-state index is 10.9. The Kier molecular flexibility index (Phi) is 2.93. The van der Waals surface area contributed by atoms with Gasteiger partial charge in [0.2, 0.25) is 5.91 Å². The first-order valence-corrected chi connectivity index (χ1v) is 5.63. The lowest BCUT2D eigenvalue weighted by Crippen LogP contribution is -2.05. The fraction of sp³-hybridized carbons (Fsp3) is 0. The monoisotopic (exact) mass is 247 g/mol. The van der Waals surface area contributed by atoms with Gasteiger partial charge in [-0.1, -0.05) is 12.1 Å². The number of carboxylic acid groups (broad SMARTS) is 1. The summed E-state index contributed by atoms with van der Waals surface area (Å²) in [4.78, 5) is 21.8. The average Bonchev–Trinajstić information content (AvgIpc) is 2.70. The quantitative estimate of drug-likeness (QED) is 0.815. The molecule has 0 aliphatic heterocycles. The predicted octanol–water partition coefficient (Wildman–Crippen LogP) is 2.10. The molecule has 0 saturated carbocycles. The van der Waals surface area contributed by atoms with Crippen LogP contribution in [0.4, 0.5) is 0 Å². The zero-order valence-electron chi connectivity index (χ0n) is 8.71. The van der Waals surface area contributed by atoms with Crippen LogP contribution in [0, 0.1) is 0 Å². The Morgan fingerprint density at radius 1 is 1.35 bits per heavy atom. The van der Waals surface area contributed by atoms with Crippen molar-refractivity contribution < 1.29 is 14.7 Å². The Hall–Kier alpha value is -2.14. The number of hydrogen-bond donors (Lipinski definition) is 2. The maximum atomic E-state index is 10.9. The molecule has 2 aromatic rings. The second-order valence-corrected chi connectivity index (χ2v) is 4.49. The van der Waals surface area contributed by atoms with E-state index in [4.69, 9.17) is 10.8 Å². The number of amides is 1. The number of aromatic carboxylic acids is 1. The Balaban J connectivity index is 2.56. The molecule has 0 fully saturated rings. The van der Waals surface area contributed by atoms with Crippen LogP contribution in [0.25, 0.3) is 16.2 Å². The minimum Gasteiger partial charge on any atom is -0.477 e. The largest absolute Gasteiger partial charge is 0.477 e. The molecule has 0 aliphatic rings. The van der Waals surface area contributed by atoms with Gasteiger partial charge < -0.3 is 10.8 Å². The topological polar surface area (TPSA) is 80.4 Å². The fourth-order valence-electron chi connectivity index (χ4n) is 1.51. The van der Waals surface area contributed by atoms with Gasteiger partial charge in [-0.2, -0.15) is 0 Å². The predicted molar refractivity (Wildman–Crippen MR) is 67.0 cm³/mol. The number of fused-ring (bicyclic) bond motifs is 1. The number of nitrogens with two attached hydrogens (primary N) is 1. The highest BCUT2D eigenvalue weighted by Gasteiger charge is 2.09. The normalized spacial score (nSPS) is 11.1. The molecule has 0 bridgehead atoms. The first-order valence-electron chi connectivity index (χ1n) is 4.81. The second kappa shape index (κ2) is 4.39. The van der Waals surface area contributed by atoms with E-state index in [-0.39, 0.29) is 4.88 Å². The summed E-state index contributed by atoms with van der Waals surface area (Å²) in [6.07, 6.45) is 2.84. The van der Waals surface area contributed by atoms with E-state index in [2.05, 4.69) is 0 Å². The summed E-state index contributed by atoms with van der Waals surface area (Å²) in [7, 11) is 0. The summed E-state index contributed by atoms with van der Waals surface area (Å²) in [6.45, 7) is 0. The van der Waals surface area contributed by atoms with Crippen LogP contribution in [-0.2, 0) is 4.79 Å². The third kappa shape index (κ3) is 2.34. The van der Waals surface area contributed by atoms with Gasteiger partial charge in [0.15, 0.2) is 0 Å². The number of thiophene rings is 1. The highest BCUT2D eigenvalue weighted by atomic mass is 32.1. The zero-order chi connectivity index (χ0) is 12.4. The van der Waals surface area contributed by atoms with Crippen molar-refractivity contribution >= 4 is 39.4 Å².